The summed E-state index contributed by atoms with van der Waals surface area (Å²) in [7, 11) is 0. The second-order valence-corrected chi connectivity index (χ2v) is 5.43. The lowest BCUT2D eigenvalue weighted by atomic mass is 10.0. The Morgan fingerprint density at radius 1 is 1.41 bits per heavy atom. The molecule has 2 nitrogen and oxygen atoms in total. The average Bonchev–Trinajstić information content (AvgIpc) is 2.84. The molecule has 1 N–H and O–H groups in total. The molecule has 0 radical (unpaired) electrons. The summed E-state index contributed by atoms with van der Waals surface area (Å²) in [6, 6.07) is 1.98. The fourth-order valence-corrected chi connectivity index (χ4v) is 3.18. The van der Waals surface area contributed by atoms with E-state index in [1.54, 1.807) is 0 Å². The lowest BCUT2D eigenvalue weighted by molar-refractivity contribution is 0.0917. The molecule has 0 aromatic carbocycles. The van der Waals surface area contributed by atoms with E-state index in [4.69, 9.17) is 23.2 Å². The van der Waals surface area contributed by atoms with Gasteiger partial charge in [-0.2, -0.15) is 0 Å². The molecule has 0 saturated carbocycles. The summed E-state index contributed by atoms with van der Waals surface area (Å²) in [6.45, 7) is 4.01. The molecule has 0 aliphatic carbocycles. The molecule has 5 heteroatoms. The fourth-order valence-electron chi connectivity index (χ4n) is 1.49. The highest BCUT2D eigenvalue weighted by molar-refractivity contribution is 7.12. The minimum absolute atomic E-state index is 0.0694. The lowest BCUT2D eigenvalue weighted by Gasteiger charge is -2.29. The van der Waals surface area contributed by atoms with Gasteiger partial charge in [0.1, 0.15) is 0 Å². The number of amides is 1. The zero-order chi connectivity index (χ0) is 12.9. The summed E-state index contributed by atoms with van der Waals surface area (Å²) in [4.78, 5) is 12.9. The topological polar surface area (TPSA) is 29.1 Å². The predicted molar refractivity (Wildman–Crippen MR) is 75.6 cm³/mol. The van der Waals surface area contributed by atoms with Crippen LogP contribution in [-0.2, 0) is 6.42 Å². The Hall–Kier alpha value is -0.250. The number of halogens is 2. The van der Waals surface area contributed by atoms with E-state index in [1.807, 2.05) is 25.3 Å². The average molecular weight is 294 g/mol. The highest BCUT2D eigenvalue weighted by Crippen LogP contribution is 2.21. The molecular weight excluding hydrogens is 277 g/mol. The van der Waals surface area contributed by atoms with Gasteiger partial charge in [-0.3, -0.25) is 4.79 Å². The molecule has 0 fully saturated rings. The predicted octanol–water partition coefficient (Wildman–Crippen LogP) is 3.67. The zero-order valence-electron chi connectivity index (χ0n) is 10.1. The van der Waals surface area contributed by atoms with Crippen LogP contribution < -0.4 is 5.32 Å². The first-order valence-electron chi connectivity index (χ1n) is 5.63. The summed E-state index contributed by atoms with van der Waals surface area (Å²) in [5.41, 5.74) is 0.566. The maximum atomic E-state index is 12.2. The quantitative estimate of drug-likeness (QED) is 0.797. The number of carbonyl (C=O) groups is 1. The van der Waals surface area contributed by atoms with Crippen molar-refractivity contribution >= 4 is 40.4 Å². The normalized spacial score (nSPS) is 11.5. The van der Waals surface area contributed by atoms with Crippen molar-refractivity contribution in [1.29, 1.82) is 0 Å². The van der Waals surface area contributed by atoms with Gasteiger partial charge in [0.2, 0.25) is 0 Å². The number of hydrogen-bond acceptors (Lipinski definition) is 2. The SMILES string of the molecule is CCc1ccsc1C(=O)NC(CC)(CCl)CCl. The maximum absolute atomic E-state index is 12.2. The number of hydrogen-bond donors (Lipinski definition) is 1. The smallest absolute Gasteiger partial charge is 0.262 e. The van der Waals surface area contributed by atoms with E-state index in [9.17, 15) is 4.79 Å². The van der Waals surface area contributed by atoms with Crippen molar-refractivity contribution in [2.45, 2.75) is 32.2 Å². The van der Waals surface area contributed by atoms with Gasteiger partial charge in [0.15, 0.2) is 0 Å². The Kier molecular flexibility index (Phi) is 5.77. The molecule has 1 heterocycles. The van der Waals surface area contributed by atoms with Crippen molar-refractivity contribution in [2.24, 2.45) is 0 Å². The van der Waals surface area contributed by atoms with Crippen LogP contribution in [0.1, 0.15) is 35.5 Å². The van der Waals surface area contributed by atoms with E-state index in [-0.39, 0.29) is 5.91 Å². The highest BCUT2D eigenvalue weighted by Gasteiger charge is 2.29. The summed E-state index contributed by atoms with van der Waals surface area (Å²) in [6.07, 6.45) is 1.58. The minimum atomic E-state index is -0.505. The van der Waals surface area contributed by atoms with Gasteiger partial charge in [-0.25, -0.2) is 0 Å². The van der Waals surface area contributed by atoms with Crippen LogP contribution in [0.5, 0.6) is 0 Å². The van der Waals surface area contributed by atoms with Crippen LogP contribution in [0.4, 0.5) is 0 Å². The van der Waals surface area contributed by atoms with Crippen molar-refractivity contribution in [3.63, 3.8) is 0 Å². The molecule has 0 atom stereocenters. The van der Waals surface area contributed by atoms with Gasteiger partial charge >= 0.3 is 0 Å². The van der Waals surface area contributed by atoms with Gasteiger partial charge < -0.3 is 5.32 Å². The molecule has 1 rings (SSSR count). The molecule has 0 saturated heterocycles. The molecule has 0 unspecified atom stereocenters. The molecular formula is C12H17Cl2NOS. The van der Waals surface area contributed by atoms with Crippen molar-refractivity contribution in [3.8, 4) is 0 Å². The van der Waals surface area contributed by atoms with E-state index >= 15 is 0 Å². The van der Waals surface area contributed by atoms with Crippen molar-refractivity contribution in [1.82, 2.24) is 5.32 Å². The monoisotopic (exact) mass is 293 g/mol. The zero-order valence-corrected chi connectivity index (χ0v) is 12.4. The van der Waals surface area contributed by atoms with E-state index in [1.165, 1.54) is 11.3 Å². The lowest BCUT2D eigenvalue weighted by Crippen LogP contribution is -2.51. The van der Waals surface area contributed by atoms with Gasteiger partial charge in [0.25, 0.3) is 5.91 Å². The molecule has 0 aliphatic heterocycles. The standard InChI is InChI=1S/C12H17Cl2NOS/c1-3-9-5-6-17-10(9)11(16)15-12(4-2,7-13)8-14/h5-6H,3-4,7-8H2,1-2H3,(H,15,16). The minimum Gasteiger partial charge on any atom is -0.343 e. The summed E-state index contributed by atoms with van der Waals surface area (Å²) in [5.74, 6) is 0.581. The first kappa shape index (κ1) is 14.8. The Bertz CT molecular complexity index is 366. The number of alkyl halides is 2. The van der Waals surface area contributed by atoms with Crippen molar-refractivity contribution in [3.05, 3.63) is 21.9 Å². The Morgan fingerprint density at radius 3 is 2.53 bits per heavy atom. The highest BCUT2D eigenvalue weighted by atomic mass is 35.5. The summed E-state index contributed by atoms with van der Waals surface area (Å²) in [5, 5.41) is 4.90. The van der Waals surface area contributed by atoms with Crippen LogP contribution >= 0.6 is 34.5 Å². The summed E-state index contributed by atoms with van der Waals surface area (Å²) >= 11 is 13.3. The van der Waals surface area contributed by atoms with Gasteiger partial charge in [-0.1, -0.05) is 13.8 Å². The second kappa shape index (κ2) is 6.62. The maximum Gasteiger partial charge on any atom is 0.262 e. The number of aryl methyl sites for hydroxylation is 1. The van der Waals surface area contributed by atoms with E-state index in [0.717, 1.165) is 23.3 Å². The molecule has 0 aliphatic rings. The van der Waals surface area contributed by atoms with Gasteiger partial charge in [0.05, 0.1) is 10.4 Å². The van der Waals surface area contributed by atoms with E-state index < -0.39 is 5.54 Å². The van der Waals surface area contributed by atoms with Gasteiger partial charge in [-0.15, -0.1) is 34.5 Å². The van der Waals surface area contributed by atoms with Crippen LogP contribution in [0.15, 0.2) is 11.4 Å². The Balaban J connectivity index is 2.84. The Morgan fingerprint density at radius 2 is 2.06 bits per heavy atom. The third-order valence-electron chi connectivity index (χ3n) is 2.90. The van der Waals surface area contributed by atoms with Crippen LogP contribution in [0.2, 0.25) is 0 Å². The van der Waals surface area contributed by atoms with Crippen molar-refractivity contribution in [2.75, 3.05) is 11.8 Å². The van der Waals surface area contributed by atoms with E-state index in [2.05, 4.69) is 5.32 Å². The molecule has 0 spiro atoms. The van der Waals surface area contributed by atoms with Gasteiger partial charge in [-0.05, 0) is 29.9 Å². The number of carbonyl (C=O) groups excluding carboxylic acids is 1. The van der Waals surface area contributed by atoms with Crippen LogP contribution in [0.3, 0.4) is 0 Å². The molecule has 0 bridgehead atoms. The molecule has 96 valence electrons. The number of thiophene rings is 1. The molecule has 17 heavy (non-hydrogen) atoms. The third-order valence-corrected chi connectivity index (χ3v) is 4.88. The Labute approximate surface area is 116 Å². The number of nitrogens with one attached hydrogen (secondary N) is 1. The van der Waals surface area contributed by atoms with E-state index in [0.29, 0.717) is 11.8 Å². The number of rotatable bonds is 6. The second-order valence-electron chi connectivity index (χ2n) is 3.98. The fraction of sp³-hybridized carbons (Fsp3) is 0.583. The van der Waals surface area contributed by atoms with Crippen LogP contribution in [0, 0.1) is 0 Å². The van der Waals surface area contributed by atoms with Crippen LogP contribution in [0.25, 0.3) is 0 Å². The first-order valence-corrected chi connectivity index (χ1v) is 7.58. The molecule has 1 amide bonds. The first-order chi connectivity index (χ1) is 8.12. The molecule has 1 aromatic rings. The summed E-state index contributed by atoms with van der Waals surface area (Å²) < 4.78 is 0. The van der Waals surface area contributed by atoms with Gasteiger partial charge in [0, 0.05) is 11.8 Å². The van der Waals surface area contributed by atoms with Crippen LogP contribution in [-0.4, -0.2) is 23.2 Å². The van der Waals surface area contributed by atoms with Crippen molar-refractivity contribution < 1.29 is 4.79 Å². The molecule has 1 aromatic heterocycles. The largest absolute Gasteiger partial charge is 0.343 e. The third kappa shape index (κ3) is 3.36.